The lowest BCUT2D eigenvalue weighted by Gasteiger charge is -2.35. The molecule has 1 aromatic rings. The minimum atomic E-state index is -1.82. The number of rotatable bonds is 11. The number of alkyl carbamates (subject to hydrolysis) is 1. The number of carbonyl (C=O) groups is 3. The van der Waals surface area contributed by atoms with Crippen LogP contribution in [0.4, 0.5) is 4.79 Å². The van der Waals surface area contributed by atoms with Crippen LogP contribution in [0.25, 0.3) is 6.08 Å². The molecule has 1 heterocycles. The van der Waals surface area contributed by atoms with Crippen molar-refractivity contribution in [2.24, 2.45) is 5.92 Å². The third-order valence-electron chi connectivity index (χ3n) is 5.82. The highest BCUT2D eigenvalue weighted by atomic mass is 28.4. The standard InChI is InChI=1S/C25H40N2O7Si/c1-24(2,3)34-23(32)27-20(22(30)31)15-18(21(28)29)14-19-12-11-17(16-26-19)10-9-13-33-35(7,8)25(4,5)6/h9-12,16,18,20H,13-15H2,1-8H3,(H,27,32)(H,28,29)(H,30,31)/t18-,20-/m0/s1. The second-order valence-corrected chi connectivity index (χ2v) is 15.9. The number of carboxylic acid groups (broad SMARTS) is 2. The topological polar surface area (TPSA) is 135 Å². The lowest BCUT2D eigenvalue weighted by Crippen LogP contribution is -2.45. The van der Waals surface area contributed by atoms with Crippen LogP contribution in [-0.2, 0) is 25.2 Å². The van der Waals surface area contributed by atoms with Gasteiger partial charge in [-0.2, -0.15) is 0 Å². The predicted octanol–water partition coefficient (Wildman–Crippen LogP) is 4.73. The summed E-state index contributed by atoms with van der Waals surface area (Å²) in [5, 5.41) is 21.4. The molecular weight excluding hydrogens is 468 g/mol. The van der Waals surface area contributed by atoms with Crippen molar-refractivity contribution in [3.05, 3.63) is 35.7 Å². The first kappa shape index (κ1) is 30.3. The van der Waals surface area contributed by atoms with Crippen LogP contribution in [0.2, 0.25) is 18.1 Å². The molecule has 0 fully saturated rings. The van der Waals surface area contributed by atoms with E-state index in [-0.39, 0.29) is 17.9 Å². The Morgan fingerprint density at radius 1 is 1.09 bits per heavy atom. The van der Waals surface area contributed by atoms with Crippen molar-refractivity contribution in [1.82, 2.24) is 10.3 Å². The molecule has 196 valence electrons. The number of aromatic nitrogens is 1. The van der Waals surface area contributed by atoms with Gasteiger partial charge in [0, 0.05) is 18.3 Å². The number of amides is 1. The molecule has 0 radical (unpaired) electrons. The van der Waals surface area contributed by atoms with E-state index in [9.17, 15) is 24.6 Å². The normalized spacial score (nSPS) is 14.4. The summed E-state index contributed by atoms with van der Waals surface area (Å²) >= 11 is 0. The van der Waals surface area contributed by atoms with E-state index in [0.29, 0.717) is 12.3 Å². The maximum Gasteiger partial charge on any atom is 0.408 e. The molecule has 0 aromatic carbocycles. The molecule has 0 spiro atoms. The van der Waals surface area contributed by atoms with Crippen molar-refractivity contribution in [1.29, 1.82) is 0 Å². The number of hydrogen-bond donors (Lipinski definition) is 3. The van der Waals surface area contributed by atoms with Gasteiger partial charge in [0.25, 0.3) is 0 Å². The quantitative estimate of drug-likeness (QED) is 0.365. The Morgan fingerprint density at radius 2 is 1.71 bits per heavy atom. The van der Waals surface area contributed by atoms with E-state index in [1.54, 1.807) is 33.0 Å². The fourth-order valence-electron chi connectivity index (χ4n) is 2.79. The fourth-order valence-corrected chi connectivity index (χ4v) is 3.74. The number of pyridine rings is 1. The number of nitrogens with zero attached hydrogens (tertiary/aromatic N) is 1. The van der Waals surface area contributed by atoms with Gasteiger partial charge in [-0.15, -0.1) is 0 Å². The molecule has 3 N–H and O–H groups in total. The maximum absolute atomic E-state index is 12.0. The van der Waals surface area contributed by atoms with Gasteiger partial charge in [-0.05, 0) is 57.0 Å². The molecule has 1 rings (SSSR count). The molecule has 0 saturated heterocycles. The first-order valence-electron chi connectivity index (χ1n) is 11.6. The van der Waals surface area contributed by atoms with E-state index in [1.165, 1.54) is 0 Å². The SMILES string of the molecule is CC(C)(C)OC(=O)N[C@@H](C[C@H](Cc1ccc(C=CCO[Si](C)(C)C(C)(C)C)cn1)C(=O)O)C(=O)O. The number of carboxylic acids is 2. The molecule has 0 bridgehead atoms. The molecule has 2 atom stereocenters. The van der Waals surface area contributed by atoms with Crippen molar-refractivity contribution in [2.75, 3.05) is 6.61 Å². The van der Waals surface area contributed by atoms with E-state index in [4.69, 9.17) is 9.16 Å². The monoisotopic (exact) mass is 508 g/mol. The van der Waals surface area contributed by atoms with Crippen LogP contribution >= 0.6 is 0 Å². The average Bonchev–Trinajstić information content (AvgIpc) is 2.68. The largest absolute Gasteiger partial charge is 0.481 e. The van der Waals surface area contributed by atoms with Gasteiger partial charge in [0.15, 0.2) is 8.32 Å². The molecule has 0 aliphatic carbocycles. The summed E-state index contributed by atoms with van der Waals surface area (Å²) in [6.07, 6.45) is 4.25. The van der Waals surface area contributed by atoms with E-state index < -0.39 is 43.9 Å². The second-order valence-electron chi connectivity index (χ2n) is 11.1. The number of aliphatic carboxylic acids is 2. The summed E-state index contributed by atoms with van der Waals surface area (Å²) in [4.78, 5) is 39.7. The summed E-state index contributed by atoms with van der Waals surface area (Å²) in [6, 6.07) is 2.12. The summed E-state index contributed by atoms with van der Waals surface area (Å²) in [5.41, 5.74) is 0.541. The van der Waals surface area contributed by atoms with Crippen LogP contribution in [0, 0.1) is 5.92 Å². The van der Waals surface area contributed by atoms with E-state index >= 15 is 0 Å². The summed E-state index contributed by atoms with van der Waals surface area (Å²) in [7, 11) is -1.82. The molecule has 9 nitrogen and oxygen atoms in total. The number of hydrogen-bond acceptors (Lipinski definition) is 6. The molecule has 0 aliphatic heterocycles. The molecule has 10 heteroatoms. The summed E-state index contributed by atoms with van der Waals surface area (Å²) in [5.74, 6) is -3.57. The molecule has 1 amide bonds. The Bertz CT molecular complexity index is 900. The highest BCUT2D eigenvalue weighted by molar-refractivity contribution is 6.74. The lowest BCUT2D eigenvalue weighted by atomic mass is 9.94. The molecule has 0 unspecified atom stereocenters. The van der Waals surface area contributed by atoms with Crippen LogP contribution in [0.15, 0.2) is 24.4 Å². The third kappa shape index (κ3) is 11.0. The van der Waals surface area contributed by atoms with Crippen LogP contribution in [0.5, 0.6) is 0 Å². The van der Waals surface area contributed by atoms with Crippen molar-refractivity contribution in [3.63, 3.8) is 0 Å². The number of carbonyl (C=O) groups excluding carboxylic acids is 1. The van der Waals surface area contributed by atoms with Gasteiger partial charge in [0.05, 0.1) is 12.5 Å². The maximum atomic E-state index is 12.0. The van der Waals surface area contributed by atoms with Crippen molar-refractivity contribution in [3.8, 4) is 0 Å². The zero-order valence-corrected chi connectivity index (χ0v) is 23.0. The van der Waals surface area contributed by atoms with Crippen LogP contribution < -0.4 is 5.32 Å². The number of ether oxygens (including phenoxy) is 1. The van der Waals surface area contributed by atoms with E-state index in [2.05, 4.69) is 44.2 Å². The van der Waals surface area contributed by atoms with Crippen molar-refractivity contribution in [2.45, 2.75) is 84.2 Å². The Labute approximate surface area is 209 Å². The van der Waals surface area contributed by atoms with E-state index in [0.717, 1.165) is 5.56 Å². The first-order chi connectivity index (χ1) is 15.9. The van der Waals surface area contributed by atoms with Gasteiger partial charge >= 0.3 is 18.0 Å². The first-order valence-corrected chi connectivity index (χ1v) is 14.5. The van der Waals surface area contributed by atoms with Gasteiger partial charge in [-0.25, -0.2) is 9.59 Å². The predicted molar refractivity (Wildman–Crippen MR) is 137 cm³/mol. The van der Waals surface area contributed by atoms with Crippen molar-refractivity contribution < 1.29 is 33.8 Å². The minimum absolute atomic E-state index is 0.0214. The Hall–Kier alpha value is -2.72. The third-order valence-corrected chi connectivity index (χ3v) is 10.3. The Balaban J connectivity index is 2.77. The molecular formula is C25H40N2O7Si. The smallest absolute Gasteiger partial charge is 0.408 e. The number of nitrogens with one attached hydrogen (secondary N) is 1. The van der Waals surface area contributed by atoms with Gasteiger partial charge < -0.3 is 24.7 Å². The van der Waals surface area contributed by atoms with Crippen LogP contribution in [0.3, 0.4) is 0 Å². The van der Waals surface area contributed by atoms with Gasteiger partial charge in [-0.1, -0.05) is 39.0 Å². The molecule has 0 aliphatic rings. The summed E-state index contributed by atoms with van der Waals surface area (Å²) < 4.78 is 11.2. The molecule has 1 aromatic heterocycles. The van der Waals surface area contributed by atoms with Crippen LogP contribution in [-0.4, -0.2) is 59.8 Å². The van der Waals surface area contributed by atoms with E-state index in [1.807, 2.05) is 18.2 Å². The zero-order chi connectivity index (χ0) is 27.0. The van der Waals surface area contributed by atoms with Crippen LogP contribution in [0.1, 0.15) is 59.2 Å². The van der Waals surface area contributed by atoms with Gasteiger partial charge in [0.2, 0.25) is 0 Å². The second kappa shape index (κ2) is 12.3. The summed E-state index contributed by atoms with van der Waals surface area (Å²) in [6.45, 7) is 16.4. The minimum Gasteiger partial charge on any atom is -0.481 e. The zero-order valence-electron chi connectivity index (χ0n) is 22.0. The molecule has 0 saturated carbocycles. The van der Waals surface area contributed by atoms with Gasteiger partial charge in [-0.3, -0.25) is 9.78 Å². The Morgan fingerprint density at radius 3 is 2.17 bits per heavy atom. The van der Waals surface area contributed by atoms with Gasteiger partial charge in [0.1, 0.15) is 11.6 Å². The average molecular weight is 509 g/mol. The highest BCUT2D eigenvalue weighted by Gasteiger charge is 2.36. The Kier molecular flexibility index (Phi) is 10.7. The lowest BCUT2D eigenvalue weighted by molar-refractivity contribution is -0.144. The fraction of sp³-hybridized carbons (Fsp3) is 0.600. The van der Waals surface area contributed by atoms with Crippen molar-refractivity contribution >= 4 is 32.4 Å². The highest BCUT2D eigenvalue weighted by Crippen LogP contribution is 2.36. The molecule has 35 heavy (non-hydrogen) atoms.